The number of hydrazone groups is 1. The van der Waals surface area contributed by atoms with E-state index < -0.39 is 5.97 Å². The molecule has 0 bridgehead atoms. The molecule has 1 amide bonds. The molecule has 0 aliphatic rings. The van der Waals surface area contributed by atoms with Gasteiger partial charge in [-0.25, -0.2) is 10.2 Å². The molecule has 0 saturated heterocycles. The Balaban J connectivity index is 2.61. The molecule has 0 aliphatic heterocycles. The van der Waals surface area contributed by atoms with Crippen LogP contribution in [0, 0.1) is 0 Å². The van der Waals surface area contributed by atoms with Gasteiger partial charge in [-0.15, -0.1) is 0 Å². The topological polar surface area (TPSA) is 78.8 Å². The van der Waals surface area contributed by atoms with Crippen LogP contribution in [0.4, 0.5) is 0 Å². The first kappa shape index (κ1) is 11.9. The molecule has 0 unspecified atom stereocenters. The number of carbonyl (C=O) groups excluding carboxylic acids is 1. The highest BCUT2D eigenvalue weighted by Crippen LogP contribution is 2.01. The normalized spacial score (nSPS) is 10.3. The van der Waals surface area contributed by atoms with E-state index in [2.05, 4.69) is 10.5 Å². The standard InChI is InChI=1S/C11H12N2O3/c1-2-10(14)13-12-7-8-3-5-9(6-4-8)11(15)16/h3-7H,2H2,1H3,(H,13,14)(H,15,16)/b12-7-. The van der Waals surface area contributed by atoms with Gasteiger partial charge in [-0.3, -0.25) is 4.79 Å². The van der Waals surface area contributed by atoms with Crippen LogP contribution in [0.5, 0.6) is 0 Å². The highest BCUT2D eigenvalue weighted by atomic mass is 16.4. The summed E-state index contributed by atoms with van der Waals surface area (Å²) < 4.78 is 0. The van der Waals surface area contributed by atoms with E-state index in [1.165, 1.54) is 18.3 Å². The van der Waals surface area contributed by atoms with E-state index in [0.717, 1.165) is 5.56 Å². The van der Waals surface area contributed by atoms with Gasteiger partial charge in [0.05, 0.1) is 11.8 Å². The Morgan fingerprint density at radius 1 is 1.38 bits per heavy atom. The van der Waals surface area contributed by atoms with Gasteiger partial charge in [-0.2, -0.15) is 5.10 Å². The van der Waals surface area contributed by atoms with Crippen LogP contribution in [0.15, 0.2) is 29.4 Å². The summed E-state index contributed by atoms with van der Waals surface area (Å²) in [5, 5.41) is 12.4. The Labute approximate surface area is 92.8 Å². The third kappa shape index (κ3) is 3.53. The number of aromatic carboxylic acids is 1. The summed E-state index contributed by atoms with van der Waals surface area (Å²) in [5.41, 5.74) is 3.27. The fourth-order valence-electron chi connectivity index (χ4n) is 0.970. The summed E-state index contributed by atoms with van der Waals surface area (Å²) in [6, 6.07) is 6.19. The minimum Gasteiger partial charge on any atom is -0.478 e. The Morgan fingerprint density at radius 2 is 2.00 bits per heavy atom. The molecular formula is C11H12N2O3. The van der Waals surface area contributed by atoms with E-state index in [-0.39, 0.29) is 11.5 Å². The fraction of sp³-hybridized carbons (Fsp3) is 0.182. The Bertz CT molecular complexity index is 410. The molecule has 2 N–H and O–H groups in total. The van der Waals surface area contributed by atoms with Gasteiger partial charge in [0, 0.05) is 6.42 Å². The number of amides is 1. The molecule has 84 valence electrons. The number of benzene rings is 1. The van der Waals surface area contributed by atoms with Crippen molar-refractivity contribution in [3.05, 3.63) is 35.4 Å². The number of carboxylic acids is 1. The first-order chi connectivity index (χ1) is 7.63. The predicted octanol–water partition coefficient (Wildman–Crippen LogP) is 1.24. The SMILES string of the molecule is CCC(=O)N/N=C\c1ccc(C(=O)O)cc1. The van der Waals surface area contributed by atoms with Crippen LogP contribution in [0.3, 0.4) is 0 Å². The van der Waals surface area contributed by atoms with Crippen LogP contribution < -0.4 is 5.43 Å². The van der Waals surface area contributed by atoms with Crippen LogP contribution in [0.25, 0.3) is 0 Å². The number of nitrogens with zero attached hydrogens (tertiary/aromatic N) is 1. The minimum atomic E-state index is -0.970. The number of nitrogens with one attached hydrogen (secondary N) is 1. The second-order valence-electron chi connectivity index (χ2n) is 3.07. The summed E-state index contributed by atoms with van der Waals surface area (Å²) in [7, 11) is 0. The number of carboxylic acid groups (broad SMARTS) is 1. The summed E-state index contributed by atoms with van der Waals surface area (Å²) in [6.45, 7) is 1.73. The van der Waals surface area contributed by atoms with Crippen molar-refractivity contribution in [2.75, 3.05) is 0 Å². The molecule has 1 aromatic rings. The zero-order chi connectivity index (χ0) is 12.0. The largest absolute Gasteiger partial charge is 0.478 e. The molecule has 16 heavy (non-hydrogen) atoms. The van der Waals surface area contributed by atoms with Gasteiger partial charge in [-0.1, -0.05) is 19.1 Å². The Hall–Kier alpha value is -2.17. The average molecular weight is 220 g/mol. The van der Waals surface area contributed by atoms with Crippen molar-refractivity contribution in [1.29, 1.82) is 0 Å². The summed E-state index contributed by atoms with van der Waals surface area (Å²) in [5.74, 6) is -1.14. The number of rotatable bonds is 4. The Kier molecular flexibility index (Phi) is 4.20. The van der Waals surface area contributed by atoms with Gasteiger partial charge in [-0.05, 0) is 17.7 Å². The molecule has 0 spiro atoms. The van der Waals surface area contributed by atoms with E-state index in [1.54, 1.807) is 19.1 Å². The monoisotopic (exact) mass is 220 g/mol. The zero-order valence-corrected chi connectivity index (χ0v) is 8.80. The second-order valence-corrected chi connectivity index (χ2v) is 3.07. The van der Waals surface area contributed by atoms with Crippen LogP contribution >= 0.6 is 0 Å². The smallest absolute Gasteiger partial charge is 0.335 e. The second kappa shape index (κ2) is 5.65. The molecular weight excluding hydrogens is 208 g/mol. The molecule has 1 rings (SSSR count). The molecule has 0 heterocycles. The summed E-state index contributed by atoms with van der Waals surface area (Å²) in [6.07, 6.45) is 1.83. The Morgan fingerprint density at radius 3 is 2.50 bits per heavy atom. The lowest BCUT2D eigenvalue weighted by Crippen LogP contribution is -2.15. The van der Waals surface area contributed by atoms with Crippen molar-refractivity contribution in [1.82, 2.24) is 5.43 Å². The quantitative estimate of drug-likeness (QED) is 0.592. The van der Waals surface area contributed by atoms with Gasteiger partial charge < -0.3 is 5.11 Å². The lowest BCUT2D eigenvalue weighted by atomic mass is 10.1. The fourth-order valence-corrected chi connectivity index (χ4v) is 0.970. The van der Waals surface area contributed by atoms with E-state index in [1.807, 2.05) is 0 Å². The van der Waals surface area contributed by atoms with Crippen molar-refractivity contribution in [2.45, 2.75) is 13.3 Å². The molecule has 0 saturated carbocycles. The molecule has 5 nitrogen and oxygen atoms in total. The lowest BCUT2D eigenvalue weighted by molar-refractivity contribution is -0.120. The van der Waals surface area contributed by atoms with E-state index in [9.17, 15) is 9.59 Å². The molecule has 1 aromatic carbocycles. The van der Waals surface area contributed by atoms with Crippen LogP contribution in [-0.2, 0) is 4.79 Å². The van der Waals surface area contributed by atoms with Gasteiger partial charge >= 0.3 is 5.97 Å². The van der Waals surface area contributed by atoms with Crippen LogP contribution in [0.2, 0.25) is 0 Å². The summed E-state index contributed by atoms with van der Waals surface area (Å²) in [4.78, 5) is 21.4. The number of carbonyl (C=O) groups is 2. The van der Waals surface area contributed by atoms with Gasteiger partial charge in [0.2, 0.25) is 5.91 Å². The maximum Gasteiger partial charge on any atom is 0.335 e. The molecule has 0 fully saturated rings. The first-order valence-corrected chi connectivity index (χ1v) is 4.78. The molecule has 0 aromatic heterocycles. The molecule has 0 atom stereocenters. The third-order valence-electron chi connectivity index (χ3n) is 1.88. The highest BCUT2D eigenvalue weighted by Gasteiger charge is 2.00. The van der Waals surface area contributed by atoms with Gasteiger partial charge in [0.15, 0.2) is 0 Å². The van der Waals surface area contributed by atoms with Crippen molar-refractivity contribution in [3.8, 4) is 0 Å². The highest BCUT2D eigenvalue weighted by molar-refractivity contribution is 5.89. The van der Waals surface area contributed by atoms with Crippen molar-refractivity contribution in [3.63, 3.8) is 0 Å². The zero-order valence-electron chi connectivity index (χ0n) is 8.80. The molecule has 0 radical (unpaired) electrons. The number of hydrogen-bond donors (Lipinski definition) is 2. The van der Waals surface area contributed by atoms with Crippen LogP contribution in [0.1, 0.15) is 29.3 Å². The minimum absolute atomic E-state index is 0.168. The predicted molar refractivity (Wildman–Crippen MR) is 59.4 cm³/mol. The van der Waals surface area contributed by atoms with E-state index >= 15 is 0 Å². The maximum absolute atomic E-state index is 10.8. The van der Waals surface area contributed by atoms with Crippen LogP contribution in [-0.4, -0.2) is 23.2 Å². The van der Waals surface area contributed by atoms with E-state index in [0.29, 0.717) is 6.42 Å². The summed E-state index contributed by atoms with van der Waals surface area (Å²) >= 11 is 0. The van der Waals surface area contributed by atoms with E-state index in [4.69, 9.17) is 5.11 Å². The van der Waals surface area contributed by atoms with Crippen molar-refractivity contribution in [2.24, 2.45) is 5.10 Å². The lowest BCUT2D eigenvalue weighted by Gasteiger charge is -1.96. The molecule has 0 aliphatic carbocycles. The van der Waals surface area contributed by atoms with Gasteiger partial charge in [0.25, 0.3) is 0 Å². The van der Waals surface area contributed by atoms with Gasteiger partial charge in [0.1, 0.15) is 0 Å². The third-order valence-corrected chi connectivity index (χ3v) is 1.88. The number of hydrogen-bond acceptors (Lipinski definition) is 3. The average Bonchev–Trinajstić information content (AvgIpc) is 2.29. The van der Waals surface area contributed by atoms with Crippen molar-refractivity contribution >= 4 is 18.1 Å². The molecule has 5 heteroatoms. The van der Waals surface area contributed by atoms with Crippen molar-refractivity contribution < 1.29 is 14.7 Å². The maximum atomic E-state index is 10.8. The first-order valence-electron chi connectivity index (χ1n) is 4.78.